The SMILES string of the molecule is CC(C)(C)OC(=O)NC/C(=C\F)COc1cnc(N2CCC3(CCCNC3=O)CC2)nc1. The number of halogens is 1. The van der Waals surface area contributed by atoms with Gasteiger partial charge in [0.05, 0.1) is 24.1 Å². The highest BCUT2D eigenvalue weighted by molar-refractivity contribution is 5.83. The lowest BCUT2D eigenvalue weighted by molar-refractivity contribution is -0.134. The van der Waals surface area contributed by atoms with Gasteiger partial charge in [-0.05, 0) is 46.5 Å². The monoisotopic (exact) mass is 449 g/mol. The number of anilines is 1. The van der Waals surface area contributed by atoms with Crippen molar-refractivity contribution in [2.75, 3.05) is 37.7 Å². The van der Waals surface area contributed by atoms with Gasteiger partial charge < -0.3 is 25.0 Å². The van der Waals surface area contributed by atoms with Crippen molar-refractivity contribution in [2.45, 2.75) is 52.1 Å². The van der Waals surface area contributed by atoms with Crippen LogP contribution < -0.4 is 20.3 Å². The second kappa shape index (κ2) is 10.1. The number of amides is 2. The third kappa shape index (κ3) is 6.30. The average Bonchev–Trinajstić information content (AvgIpc) is 2.76. The zero-order valence-corrected chi connectivity index (χ0v) is 18.9. The number of rotatable bonds is 6. The van der Waals surface area contributed by atoms with Crippen LogP contribution in [0.15, 0.2) is 24.3 Å². The molecule has 0 bridgehead atoms. The largest absolute Gasteiger partial charge is 0.486 e. The highest BCUT2D eigenvalue weighted by Crippen LogP contribution is 2.38. The van der Waals surface area contributed by atoms with Gasteiger partial charge in [0, 0.05) is 31.8 Å². The van der Waals surface area contributed by atoms with Crippen LogP contribution in [0.1, 0.15) is 46.5 Å². The molecule has 3 rings (SSSR count). The molecule has 0 saturated carbocycles. The van der Waals surface area contributed by atoms with E-state index in [9.17, 15) is 14.0 Å². The van der Waals surface area contributed by atoms with Gasteiger partial charge in [-0.15, -0.1) is 0 Å². The van der Waals surface area contributed by atoms with Gasteiger partial charge in [0.1, 0.15) is 12.2 Å². The third-order valence-electron chi connectivity index (χ3n) is 5.65. The number of carbonyl (C=O) groups excluding carboxylic acids is 2. The van der Waals surface area contributed by atoms with E-state index in [1.807, 2.05) is 0 Å². The molecule has 1 spiro atoms. The molecule has 0 aliphatic carbocycles. The summed E-state index contributed by atoms with van der Waals surface area (Å²) in [6.45, 7) is 7.37. The second-order valence-corrected chi connectivity index (χ2v) is 9.26. The molecular formula is C22H32FN5O4. The lowest BCUT2D eigenvalue weighted by atomic mass is 9.72. The van der Waals surface area contributed by atoms with Crippen LogP contribution >= 0.6 is 0 Å². The Morgan fingerprint density at radius 1 is 1.28 bits per heavy atom. The fourth-order valence-electron chi connectivity index (χ4n) is 3.89. The van der Waals surface area contributed by atoms with Gasteiger partial charge in [-0.3, -0.25) is 4.79 Å². The van der Waals surface area contributed by atoms with Crippen LogP contribution in [0, 0.1) is 5.41 Å². The highest BCUT2D eigenvalue weighted by Gasteiger charge is 2.42. The van der Waals surface area contributed by atoms with Gasteiger partial charge in [0.25, 0.3) is 0 Å². The maximum atomic E-state index is 13.1. The lowest BCUT2D eigenvalue weighted by Gasteiger charge is -2.42. The summed E-state index contributed by atoms with van der Waals surface area (Å²) in [5, 5.41) is 5.48. The molecule has 176 valence electrons. The molecule has 0 aromatic carbocycles. The van der Waals surface area contributed by atoms with E-state index in [1.54, 1.807) is 20.8 Å². The van der Waals surface area contributed by atoms with Gasteiger partial charge in [-0.2, -0.15) is 0 Å². The fraction of sp³-hybridized carbons (Fsp3) is 0.636. The van der Waals surface area contributed by atoms with E-state index in [-0.39, 0.29) is 30.0 Å². The number of ether oxygens (including phenoxy) is 2. The number of nitrogens with one attached hydrogen (secondary N) is 2. The summed E-state index contributed by atoms with van der Waals surface area (Å²) in [5.41, 5.74) is -0.635. The Hall–Kier alpha value is -2.91. The molecule has 2 N–H and O–H groups in total. The van der Waals surface area contributed by atoms with Crippen molar-refractivity contribution in [3.8, 4) is 5.75 Å². The summed E-state index contributed by atoms with van der Waals surface area (Å²) >= 11 is 0. The molecule has 2 amide bonds. The van der Waals surface area contributed by atoms with Crippen LogP contribution in [0.4, 0.5) is 15.1 Å². The highest BCUT2D eigenvalue weighted by atomic mass is 19.1. The van der Waals surface area contributed by atoms with E-state index in [0.29, 0.717) is 18.0 Å². The Labute approximate surface area is 187 Å². The Morgan fingerprint density at radius 3 is 2.56 bits per heavy atom. The summed E-state index contributed by atoms with van der Waals surface area (Å²) in [6.07, 6.45) is 6.39. The molecule has 0 unspecified atom stereocenters. The van der Waals surface area contributed by atoms with Gasteiger partial charge in [0.15, 0.2) is 5.75 Å². The van der Waals surface area contributed by atoms with Gasteiger partial charge in [-0.25, -0.2) is 19.2 Å². The summed E-state index contributed by atoms with van der Waals surface area (Å²) in [4.78, 5) is 34.8. The van der Waals surface area contributed by atoms with Gasteiger partial charge in [0.2, 0.25) is 11.9 Å². The Bertz CT molecular complexity index is 830. The zero-order valence-electron chi connectivity index (χ0n) is 18.9. The zero-order chi connectivity index (χ0) is 23.2. The first-order chi connectivity index (χ1) is 15.2. The number of carbonyl (C=O) groups is 2. The predicted octanol–water partition coefficient (Wildman–Crippen LogP) is 2.73. The van der Waals surface area contributed by atoms with E-state index in [0.717, 1.165) is 45.3 Å². The molecule has 0 radical (unpaired) electrons. The molecule has 2 saturated heterocycles. The van der Waals surface area contributed by atoms with E-state index < -0.39 is 11.7 Å². The number of hydrogen-bond donors (Lipinski definition) is 2. The first kappa shape index (κ1) is 23.7. The summed E-state index contributed by atoms with van der Waals surface area (Å²) in [7, 11) is 0. The van der Waals surface area contributed by atoms with Crippen LogP contribution in [0.3, 0.4) is 0 Å². The van der Waals surface area contributed by atoms with Crippen molar-refractivity contribution >= 4 is 17.9 Å². The average molecular weight is 450 g/mol. The maximum Gasteiger partial charge on any atom is 0.407 e. The van der Waals surface area contributed by atoms with E-state index >= 15 is 0 Å². The molecule has 2 aliphatic heterocycles. The van der Waals surface area contributed by atoms with Crippen LogP contribution in [-0.2, 0) is 9.53 Å². The summed E-state index contributed by atoms with van der Waals surface area (Å²) < 4.78 is 23.8. The molecule has 1 aromatic heterocycles. The fourth-order valence-corrected chi connectivity index (χ4v) is 3.89. The Kier molecular flexibility index (Phi) is 7.52. The molecule has 3 heterocycles. The number of aromatic nitrogens is 2. The van der Waals surface area contributed by atoms with Crippen molar-refractivity contribution in [1.82, 2.24) is 20.6 Å². The molecule has 0 atom stereocenters. The van der Waals surface area contributed by atoms with E-state index in [4.69, 9.17) is 9.47 Å². The molecule has 2 aliphatic rings. The van der Waals surface area contributed by atoms with Crippen LogP contribution in [0.25, 0.3) is 0 Å². The Balaban J connectivity index is 1.45. The third-order valence-corrected chi connectivity index (χ3v) is 5.65. The van der Waals surface area contributed by atoms with Crippen LogP contribution in [0.2, 0.25) is 0 Å². The minimum atomic E-state index is -0.628. The number of hydrogen-bond acceptors (Lipinski definition) is 7. The first-order valence-corrected chi connectivity index (χ1v) is 10.9. The van der Waals surface area contributed by atoms with Gasteiger partial charge >= 0.3 is 6.09 Å². The van der Waals surface area contributed by atoms with E-state index in [2.05, 4.69) is 25.5 Å². The molecule has 10 heteroatoms. The first-order valence-electron chi connectivity index (χ1n) is 10.9. The van der Waals surface area contributed by atoms with Crippen molar-refractivity contribution < 1.29 is 23.5 Å². The molecule has 2 fully saturated rings. The predicted molar refractivity (Wildman–Crippen MR) is 117 cm³/mol. The number of alkyl carbamates (subject to hydrolysis) is 1. The standard InChI is InChI=1S/C22H32FN5O4/c1-21(2,3)32-20(30)27-12-16(11-23)15-31-17-13-25-19(26-14-17)28-9-6-22(7-10-28)5-4-8-24-18(22)29/h11,13-14H,4-10,12,15H2,1-3H3,(H,24,29)(H,27,30)/b16-11+. The summed E-state index contributed by atoms with van der Waals surface area (Å²) in [6, 6.07) is 0. The van der Waals surface area contributed by atoms with Crippen molar-refractivity contribution in [2.24, 2.45) is 5.41 Å². The van der Waals surface area contributed by atoms with Crippen LogP contribution in [0.5, 0.6) is 5.75 Å². The molecular weight excluding hydrogens is 417 g/mol. The van der Waals surface area contributed by atoms with Crippen molar-refractivity contribution in [3.05, 3.63) is 24.3 Å². The molecule has 9 nitrogen and oxygen atoms in total. The van der Waals surface area contributed by atoms with Crippen molar-refractivity contribution in [1.29, 1.82) is 0 Å². The number of piperidine rings is 2. The maximum absolute atomic E-state index is 13.1. The smallest absolute Gasteiger partial charge is 0.407 e. The minimum absolute atomic E-state index is 0.0343. The molecule has 32 heavy (non-hydrogen) atoms. The lowest BCUT2D eigenvalue weighted by Crippen LogP contribution is -2.52. The normalized spacial score (nSPS) is 18.8. The van der Waals surface area contributed by atoms with Crippen molar-refractivity contribution in [3.63, 3.8) is 0 Å². The van der Waals surface area contributed by atoms with Crippen LogP contribution in [-0.4, -0.2) is 60.4 Å². The van der Waals surface area contributed by atoms with E-state index in [1.165, 1.54) is 12.4 Å². The summed E-state index contributed by atoms with van der Waals surface area (Å²) in [5.74, 6) is 1.15. The minimum Gasteiger partial charge on any atom is -0.486 e. The van der Waals surface area contributed by atoms with Gasteiger partial charge in [-0.1, -0.05) is 0 Å². The Morgan fingerprint density at radius 2 is 1.97 bits per heavy atom. The molecule has 1 aromatic rings. The topological polar surface area (TPSA) is 106 Å². The quantitative estimate of drug-likeness (QED) is 0.688. The number of nitrogens with zero attached hydrogens (tertiary/aromatic N) is 3. The second-order valence-electron chi connectivity index (χ2n) is 9.26.